The van der Waals surface area contributed by atoms with Gasteiger partial charge in [-0.05, 0) is 68.1 Å². The van der Waals surface area contributed by atoms with Gasteiger partial charge in [0.1, 0.15) is 12.6 Å². The van der Waals surface area contributed by atoms with Gasteiger partial charge in [0.25, 0.3) is 0 Å². The molecule has 41 heavy (non-hydrogen) atoms. The fraction of sp³-hybridized carbons (Fsp3) is 0.355. The van der Waals surface area contributed by atoms with Crippen LogP contribution in [0.5, 0.6) is 0 Å². The molecule has 3 aromatic carbocycles. The summed E-state index contributed by atoms with van der Waals surface area (Å²) in [6, 6.07) is 21.5. The molecule has 220 valence electrons. The van der Waals surface area contributed by atoms with Crippen LogP contribution in [0.3, 0.4) is 0 Å². The second-order valence-electron chi connectivity index (χ2n) is 10.6. The van der Waals surface area contributed by atoms with Crippen molar-refractivity contribution in [2.24, 2.45) is 0 Å². The molecule has 1 atom stereocenters. The predicted octanol–water partition coefficient (Wildman–Crippen LogP) is 4.84. The number of halogens is 1. The molecular formula is C31H39BrN4O4S. The van der Waals surface area contributed by atoms with Crippen molar-refractivity contribution in [2.75, 3.05) is 24.9 Å². The Morgan fingerprint density at radius 2 is 1.56 bits per heavy atom. The van der Waals surface area contributed by atoms with Crippen molar-refractivity contribution in [1.29, 1.82) is 0 Å². The summed E-state index contributed by atoms with van der Waals surface area (Å²) in [6.07, 6.45) is 0.267. The van der Waals surface area contributed by atoms with Gasteiger partial charge in [-0.3, -0.25) is 9.59 Å². The first-order chi connectivity index (χ1) is 19.3. The van der Waals surface area contributed by atoms with Gasteiger partial charge in [-0.25, -0.2) is 4.31 Å². The zero-order chi connectivity index (χ0) is 30.3. The molecule has 2 amide bonds. The van der Waals surface area contributed by atoms with Gasteiger partial charge in [0, 0.05) is 37.6 Å². The molecule has 0 radical (unpaired) electrons. The molecule has 0 spiro atoms. The first-order valence-electron chi connectivity index (χ1n) is 13.4. The highest BCUT2D eigenvalue weighted by molar-refractivity contribution is 9.10. The minimum Gasteiger partial charge on any atom is -0.352 e. The van der Waals surface area contributed by atoms with E-state index in [1.165, 1.54) is 19.0 Å². The topological polar surface area (TPSA) is 90.0 Å². The standard InChI is InChI=1S/C31H39BrN4O4S/c1-22(2)33-31(38)29(19-25-11-8-7-9-12-25)35(20-26-13-10-14-27(32)18-26)30(37)21-36(41(39,40)34(5)6)28-17-23(3)15-16-24(28)4/h7-18,22,29H,19-21H2,1-6H3,(H,33,38)/t29-/m0/s1. The van der Waals surface area contributed by atoms with Crippen LogP contribution < -0.4 is 9.62 Å². The van der Waals surface area contributed by atoms with Crippen molar-refractivity contribution >= 4 is 43.6 Å². The highest BCUT2D eigenvalue weighted by atomic mass is 79.9. The fourth-order valence-corrected chi connectivity index (χ4v) is 6.02. The van der Waals surface area contributed by atoms with Crippen LogP contribution in [0.4, 0.5) is 5.69 Å². The van der Waals surface area contributed by atoms with Crippen LogP contribution >= 0.6 is 15.9 Å². The molecule has 0 fully saturated rings. The lowest BCUT2D eigenvalue weighted by Gasteiger charge is -2.35. The van der Waals surface area contributed by atoms with Gasteiger partial charge in [-0.2, -0.15) is 12.7 Å². The number of benzene rings is 3. The molecule has 1 N–H and O–H groups in total. The summed E-state index contributed by atoms with van der Waals surface area (Å²) in [6.45, 7) is 7.05. The molecule has 0 aliphatic carbocycles. The van der Waals surface area contributed by atoms with Crippen molar-refractivity contribution in [1.82, 2.24) is 14.5 Å². The van der Waals surface area contributed by atoms with E-state index in [1.807, 2.05) is 94.4 Å². The number of hydrogen-bond acceptors (Lipinski definition) is 4. The maximum atomic E-state index is 14.3. The highest BCUT2D eigenvalue weighted by Gasteiger charge is 2.35. The molecule has 0 saturated carbocycles. The van der Waals surface area contributed by atoms with Crippen molar-refractivity contribution in [3.8, 4) is 0 Å². The van der Waals surface area contributed by atoms with Gasteiger partial charge in [0.2, 0.25) is 11.8 Å². The molecule has 8 nitrogen and oxygen atoms in total. The number of nitrogens with zero attached hydrogens (tertiary/aromatic N) is 3. The number of amides is 2. The maximum Gasteiger partial charge on any atom is 0.304 e. The third-order valence-corrected chi connectivity index (χ3v) is 8.90. The molecule has 0 aromatic heterocycles. The van der Waals surface area contributed by atoms with Crippen molar-refractivity contribution < 1.29 is 18.0 Å². The minimum atomic E-state index is -4.05. The molecule has 0 aliphatic heterocycles. The van der Waals surface area contributed by atoms with E-state index in [9.17, 15) is 18.0 Å². The first-order valence-corrected chi connectivity index (χ1v) is 15.6. The summed E-state index contributed by atoms with van der Waals surface area (Å²) >= 11 is 3.49. The van der Waals surface area contributed by atoms with Crippen molar-refractivity contribution in [2.45, 2.75) is 52.7 Å². The predicted molar refractivity (Wildman–Crippen MR) is 168 cm³/mol. The Hall–Kier alpha value is -3.21. The minimum absolute atomic E-state index is 0.115. The third-order valence-electron chi connectivity index (χ3n) is 6.60. The molecule has 0 aliphatic rings. The van der Waals surface area contributed by atoms with Crippen molar-refractivity contribution in [3.63, 3.8) is 0 Å². The molecule has 10 heteroatoms. The average Bonchev–Trinajstić information content (AvgIpc) is 2.90. The van der Waals surface area contributed by atoms with Gasteiger partial charge in [-0.1, -0.05) is 70.5 Å². The molecule has 0 heterocycles. The monoisotopic (exact) mass is 642 g/mol. The molecular weight excluding hydrogens is 604 g/mol. The lowest BCUT2D eigenvalue weighted by Crippen LogP contribution is -2.55. The van der Waals surface area contributed by atoms with Crippen LogP contribution in [0.25, 0.3) is 0 Å². The summed E-state index contributed by atoms with van der Waals surface area (Å²) in [4.78, 5) is 29.5. The average molecular weight is 644 g/mol. The first kappa shape index (κ1) is 32.3. The van der Waals surface area contributed by atoms with E-state index in [0.717, 1.165) is 29.8 Å². The fourth-order valence-electron chi connectivity index (χ4n) is 4.46. The summed E-state index contributed by atoms with van der Waals surface area (Å²) in [5.74, 6) is -0.794. The lowest BCUT2D eigenvalue weighted by atomic mass is 10.0. The van der Waals surface area contributed by atoms with E-state index >= 15 is 0 Å². The summed E-state index contributed by atoms with van der Waals surface area (Å²) in [7, 11) is -1.18. The van der Waals surface area contributed by atoms with E-state index in [0.29, 0.717) is 11.3 Å². The van der Waals surface area contributed by atoms with E-state index in [2.05, 4.69) is 21.2 Å². The molecule has 0 unspecified atom stereocenters. The van der Waals surface area contributed by atoms with Gasteiger partial charge in [0.05, 0.1) is 5.69 Å². The second-order valence-corrected chi connectivity index (χ2v) is 13.6. The number of aryl methyl sites for hydroxylation is 2. The number of anilines is 1. The highest BCUT2D eigenvalue weighted by Crippen LogP contribution is 2.26. The molecule has 3 rings (SSSR count). The lowest BCUT2D eigenvalue weighted by molar-refractivity contribution is -0.140. The Morgan fingerprint density at radius 3 is 2.17 bits per heavy atom. The SMILES string of the molecule is Cc1ccc(C)c(N(CC(=O)N(Cc2cccc(Br)c2)[C@@H](Cc2ccccc2)C(=O)NC(C)C)S(=O)(=O)N(C)C)c1. The number of hydrogen-bond donors (Lipinski definition) is 1. The van der Waals surface area contributed by atoms with Crippen LogP contribution in [0.2, 0.25) is 0 Å². The molecule has 3 aromatic rings. The van der Waals surface area contributed by atoms with Gasteiger partial charge in [-0.15, -0.1) is 0 Å². The quantitative estimate of drug-likeness (QED) is 0.306. The summed E-state index contributed by atoms with van der Waals surface area (Å²) < 4.78 is 30.2. The summed E-state index contributed by atoms with van der Waals surface area (Å²) in [5, 5.41) is 2.96. The number of carbonyl (C=O) groups excluding carboxylic acids is 2. The summed E-state index contributed by atoms with van der Waals surface area (Å²) in [5.41, 5.74) is 3.68. The van der Waals surface area contributed by atoms with Crippen LogP contribution in [-0.4, -0.2) is 62.2 Å². The second kappa shape index (κ2) is 14.1. The normalized spacial score (nSPS) is 12.3. The van der Waals surface area contributed by atoms with Gasteiger partial charge in [0.15, 0.2) is 0 Å². The van der Waals surface area contributed by atoms with Crippen LogP contribution in [0.1, 0.15) is 36.1 Å². The number of carbonyl (C=O) groups is 2. The largest absolute Gasteiger partial charge is 0.352 e. The zero-order valence-corrected chi connectivity index (χ0v) is 26.9. The molecule has 0 bridgehead atoms. The van der Waals surface area contributed by atoms with E-state index in [1.54, 1.807) is 6.07 Å². The van der Waals surface area contributed by atoms with E-state index < -0.39 is 28.7 Å². The van der Waals surface area contributed by atoms with E-state index in [4.69, 9.17) is 0 Å². The van der Waals surface area contributed by atoms with E-state index in [-0.39, 0.29) is 24.9 Å². The van der Waals surface area contributed by atoms with Crippen LogP contribution in [0, 0.1) is 13.8 Å². The van der Waals surface area contributed by atoms with Gasteiger partial charge >= 0.3 is 10.2 Å². The van der Waals surface area contributed by atoms with Crippen LogP contribution in [-0.2, 0) is 32.8 Å². The van der Waals surface area contributed by atoms with Gasteiger partial charge < -0.3 is 10.2 Å². The Labute approximate surface area is 252 Å². The Kier molecular flexibility index (Phi) is 11.1. The Bertz CT molecular complexity index is 1460. The maximum absolute atomic E-state index is 14.3. The Balaban J connectivity index is 2.13. The number of nitrogens with one attached hydrogen (secondary N) is 1. The molecule has 0 saturated heterocycles. The van der Waals surface area contributed by atoms with Crippen molar-refractivity contribution in [3.05, 3.63) is 99.5 Å². The zero-order valence-electron chi connectivity index (χ0n) is 24.5. The Morgan fingerprint density at radius 1 is 0.902 bits per heavy atom. The number of rotatable bonds is 12. The van der Waals surface area contributed by atoms with Crippen LogP contribution in [0.15, 0.2) is 77.3 Å². The smallest absolute Gasteiger partial charge is 0.304 e. The third kappa shape index (κ3) is 8.64.